The first-order valence-electron chi connectivity index (χ1n) is 3.84. The van der Waals surface area contributed by atoms with Gasteiger partial charge in [-0.25, -0.2) is 0 Å². The van der Waals surface area contributed by atoms with Gasteiger partial charge in [0.2, 0.25) is 5.91 Å². The number of carbonyl (C=O) groups excluding carboxylic acids is 1. The zero-order valence-corrected chi connectivity index (χ0v) is 7.77. The third kappa shape index (κ3) is 2.04. The Morgan fingerprint density at radius 3 is 3.17 bits per heavy atom. The Labute approximate surface area is 77.3 Å². The lowest BCUT2D eigenvalue weighted by Gasteiger charge is -2.17. The minimum atomic E-state index is -0.193. The monoisotopic (exact) mass is 184 g/mol. The van der Waals surface area contributed by atoms with Crippen LogP contribution in [0.25, 0.3) is 0 Å². The number of nitrogens with one attached hydrogen (secondary N) is 2. The summed E-state index contributed by atoms with van der Waals surface area (Å²) in [5, 5.41) is 5.45. The topological polar surface area (TPSA) is 41.1 Å². The molecule has 1 atom stereocenters. The van der Waals surface area contributed by atoms with Crippen LogP contribution in [0.3, 0.4) is 0 Å². The maximum atomic E-state index is 11.3. The maximum Gasteiger partial charge on any atom is 0.250 e. The average molecular weight is 184 g/mol. The SMILES string of the molecule is CCNC(=O)C1=CC=CNC1S. The van der Waals surface area contributed by atoms with Crippen molar-refractivity contribution in [3.63, 3.8) is 0 Å². The first-order chi connectivity index (χ1) is 5.75. The smallest absolute Gasteiger partial charge is 0.250 e. The molecule has 1 amide bonds. The molecule has 1 aliphatic heterocycles. The number of amides is 1. The molecule has 1 unspecified atom stereocenters. The van der Waals surface area contributed by atoms with Crippen LogP contribution in [0, 0.1) is 0 Å². The summed E-state index contributed by atoms with van der Waals surface area (Å²) < 4.78 is 0. The van der Waals surface area contributed by atoms with Crippen molar-refractivity contribution >= 4 is 18.5 Å². The summed E-state index contributed by atoms with van der Waals surface area (Å²) >= 11 is 4.20. The second kappa shape index (κ2) is 4.21. The molecule has 0 aromatic rings. The Bertz CT molecular complexity index is 235. The van der Waals surface area contributed by atoms with Crippen molar-refractivity contribution in [1.29, 1.82) is 0 Å². The molecule has 0 spiro atoms. The highest BCUT2D eigenvalue weighted by Crippen LogP contribution is 2.10. The number of hydrogen-bond donors (Lipinski definition) is 3. The zero-order chi connectivity index (χ0) is 8.97. The van der Waals surface area contributed by atoms with Gasteiger partial charge in [0.25, 0.3) is 0 Å². The third-order valence-corrected chi connectivity index (χ3v) is 1.95. The molecule has 0 radical (unpaired) electrons. The van der Waals surface area contributed by atoms with Crippen LogP contribution in [-0.2, 0) is 4.79 Å². The van der Waals surface area contributed by atoms with Gasteiger partial charge in [0, 0.05) is 12.1 Å². The van der Waals surface area contributed by atoms with Gasteiger partial charge in [-0.2, -0.15) is 0 Å². The Hall–Kier alpha value is -0.900. The average Bonchev–Trinajstić information content (AvgIpc) is 2.05. The molecule has 1 heterocycles. The molecule has 0 aromatic heterocycles. The fourth-order valence-corrected chi connectivity index (χ4v) is 1.23. The highest BCUT2D eigenvalue weighted by atomic mass is 32.1. The number of dihydropyridines is 1. The second-order valence-electron chi connectivity index (χ2n) is 2.41. The van der Waals surface area contributed by atoms with Crippen LogP contribution >= 0.6 is 12.6 Å². The fourth-order valence-electron chi connectivity index (χ4n) is 0.942. The molecule has 1 rings (SSSR count). The molecule has 0 fully saturated rings. The van der Waals surface area contributed by atoms with Gasteiger partial charge < -0.3 is 10.6 Å². The molecule has 66 valence electrons. The first-order valence-corrected chi connectivity index (χ1v) is 4.36. The van der Waals surface area contributed by atoms with E-state index in [1.54, 1.807) is 18.4 Å². The highest BCUT2D eigenvalue weighted by molar-refractivity contribution is 7.81. The van der Waals surface area contributed by atoms with E-state index in [9.17, 15) is 4.79 Å². The van der Waals surface area contributed by atoms with Crippen molar-refractivity contribution in [3.05, 3.63) is 23.9 Å². The normalized spacial score (nSPS) is 21.2. The summed E-state index contributed by atoms with van der Waals surface area (Å²) in [7, 11) is 0. The number of allylic oxidation sites excluding steroid dienone is 2. The van der Waals surface area contributed by atoms with E-state index in [0.717, 1.165) is 0 Å². The molecule has 2 N–H and O–H groups in total. The fraction of sp³-hybridized carbons (Fsp3) is 0.375. The molecule has 0 aliphatic carbocycles. The van der Waals surface area contributed by atoms with E-state index in [4.69, 9.17) is 0 Å². The molecule has 0 aromatic carbocycles. The van der Waals surface area contributed by atoms with Crippen molar-refractivity contribution in [2.24, 2.45) is 0 Å². The van der Waals surface area contributed by atoms with Crippen LogP contribution in [0.1, 0.15) is 6.92 Å². The second-order valence-corrected chi connectivity index (χ2v) is 2.93. The summed E-state index contributed by atoms with van der Waals surface area (Å²) in [6.07, 6.45) is 5.32. The molecule has 12 heavy (non-hydrogen) atoms. The van der Waals surface area contributed by atoms with Crippen molar-refractivity contribution in [3.8, 4) is 0 Å². The Morgan fingerprint density at radius 1 is 1.83 bits per heavy atom. The van der Waals surface area contributed by atoms with E-state index in [2.05, 4.69) is 23.3 Å². The highest BCUT2D eigenvalue weighted by Gasteiger charge is 2.16. The Kier molecular flexibility index (Phi) is 3.22. The van der Waals surface area contributed by atoms with E-state index in [1.165, 1.54) is 0 Å². The molecule has 3 nitrogen and oxygen atoms in total. The molecule has 4 heteroatoms. The minimum absolute atomic E-state index is 0.0608. The van der Waals surface area contributed by atoms with Crippen LogP contribution in [0.5, 0.6) is 0 Å². The van der Waals surface area contributed by atoms with Gasteiger partial charge in [-0.1, -0.05) is 0 Å². The van der Waals surface area contributed by atoms with Gasteiger partial charge in [-0.05, 0) is 25.3 Å². The van der Waals surface area contributed by atoms with E-state index in [0.29, 0.717) is 12.1 Å². The molecular weight excluding hydrogens is 172 g/mol. The predicted molar refractivity (Wildman–Crippen MR) is 51.8 cm³/mol. The van der Waals surface area contributed by atoms with Crippen molar-refractivity contribution in [2.45, 2.75) is 12.3 Å². The lowest BCUT2D eigenvalue weighted by molar-refractivity contribution is -0.117. The van der Waals surface area contributed by atoms with Gasteiger partial charge in [-0.3, -0.25) is 4.79 Å². The van der Waals surface area contributed by atoms with Crippen LogP contribution in [0.2, 0.25) is 0 Å². The molecule has 1 aliphatic rings. The van der Waals surface area contributed by atoms with Crippen LogP contribution in [0.4, 0.5) is 0 Å². The van der Waals surface area contributed by atoms with E-state index < -0.39 is 0 Å². The number of likely N-dealkylation sites (N-methyl/N-ethyl adjacent to an activating group) is 1. The lowest BCUT2D eigenvalue weighted by Crippen LogP contribution is -2.34. The molecule has 0 saturated carbocycles. The summed E-state index contributed by atoms with van der Waals surface area (Å²) in [5.41, 5.74) is 0.655. The quantitative estimate of drug-likeness (QED) is 0.544. The Morgan fingerprint density at radius 2 is 2.58 bits per heavy atom. The first kappa shape index (κ1) is 9.19. The summed E-state index contributed by atoms with van der Waals surface area (Å²) in [6.45, 7) is 2.53. The van der Waals surface area contributed by atoms with Crippen molar-refractivity contribution in [2.75, 3.05) is 6.54 Å². The lowest BCUT2D eigenvalue weighted by atomic mass is 10.2. The van der Waals surface area contributed by atoms with Crippen molar-refractivity contribution in [1.82, 2.24) is 10.6 Å². The number of thiol groups is 1. The van der Waals surface area contributed by atoms with Crippen molar-refractivity contribution < 1.29 is 4.79 Å². The van der Waals surface area contributed by atoms with Gasteiger partial charge in [0.15, 0.2) is 0 Å². The van der Waals surface area contributed by atoms with Gasteiger partial charge in [-0.15, -0.1) is 12.6 Å². The molecule has 0 bridgehead atoms. The van der Waals surface area contributed by atoms with E-state index in [1.807, 2.05) is 6.92 Å². The van der Waals surface area contributed by atoms with Gasteiger partial charge >= 0.3 is 0 Å². The molecule has 0 saturated heterocycles. The largest absolute Gasteiger partial charge is 0.376 e. The third-order valence-electron chi connectivity index (χ3n) is 1.52. The summed E-state index contributed by atoms with van der Waals surface area (Å²) in [6, 6.07) is 0. The summed E-state index contributed by atoms with van der Waals surface area (Å²) in [4.78, 5) is 11.3. The number of carbonyl (C=O) groups is 1. The van der Waals surface area contributed by atoms with Crippen LogP contribution < -0.4 is 10.6 Å². The van der Waals surface area contributed by atoms with Gasteiger partial charge in [0.1, 0.15) is 5.37 Å². The van der Waals surface area contributed by atoms with Gasteiger partial charge in [0.05, 0.1) is 0 Å². The minimum Gasteiger partial charge on any atom is -0.376 e. The number of rotatable bonds is 2. The van der Waals surface area contributed by atoms with E-state index in [-0.39, 0.29) is 11.3 Å². The van der Waals surface area contributed by atoms with Crippen LogP contribution in [0.15, 0.2) is 23.9 Å². The maximum absolute atomic E-state index is 11.3. The zero-order valence-electron chi connectivity index (χ0n) is 6.87. The number of hydrogen-bond acceptors (Lipinski definition) is 3. The summed E-state index contributed by atoms with van der Waals surface area (Å²) in [5.74, 6) is -0.0608. The standard InChI is InChI=1S/C8H12N2OS/c1-2-9-7(11)6-4-3-5-10-8(6)12/h3-5,8,10,12H,2H2,1H3,(H,9,11). The molecular formula is C8H12N2OS. The Balaban J connectivity index is 2.65. The van der Waals surface area contributed by atoms with E-state index >= 15 is 0 Å². The predicted octanol–water partition coefficient (Wildman–Crippen LogP) is 0.422. The van der Waals surface area contributed by atoms with Crippen LogP contribution in [-0.4, -0.2) is 17.8 Å².